The molecule has 2 atom stereocenters. The van der Waals surface area contributed by atoms with E-state index in [2.05, 4.69) is 0 Å². The van der Waals surface area contributed by atoms with Crippen LogP contribution < -0.4 is 0 Å². The number of carboxylic acids is 1. The minimum atomic E-state index is -4.64. The van der Waals surface area contributed by atoms with E-state index in [0.29, 0.717) is 0 Å². The summed E-state index contributed by atoms with van der Waals surface area (Å²) in [5.41, 5.74) is 0.838. The highest BCUT2D eigenvalue weighted by Crippen LogP contribution is 2.38. The molecule has 1 aliphatic rings. The van der Waals surface area contributed by atoms with Crippen LogP contribution in [0.2, 0.25) is 0 Å². The van der Waals surface area contributed by atoms with Gasteiger partial charge in [0.2, 0.25) is 0 Å². The average molecular weight is 330 g/mol. The monoisotopic (exact) mass is 330 g/mol. The second kappa shape index (κ2) is 6.47. The number of carbonyl (C=O) groups is 2. The summed E-state index contributed by atoms with van der Waals surface area (Å²) in [6, 6.07) is 8.40. The Balaban J connectivity index is 2.06. The number of carbonyl (C=O) groups excluding carboxylic acids is 1. The maximum absolute atomic E-state index is 12.9. The number of nitrogens with zero attached hydrogens (tertiary/aromatic N) is 2. The summed E-state index contributed by atoms with van der Waals surface area (Å²) < 4.78 is 38.8. The lowest BCUT2D eigenvalue weighted by Crippen LogP contribution is -2.40. The first-order valence-corrected chi connectivity index (χ1v) is 7.03. The molecule has 1 aromatic rings. The van der Waals surface area contributed by atoms with Crippen LogP contribution in [0.5, 0.6) is 0 Å². The third-order valence-corrected chi connectivity index (χ3v) is 3.92. The Morgan fingerprint density at radius 3 is 2.35 bits per heavy atom. The zero-order valence-corrected chi connectivity index (χ0v) is 12.5. The number of hydrogen-bond acceptors (Lipinski definition) is 2. The highest BCUT2D eigenvalue weighted by molar-refractivity contribution is 5.77. The summed E-state index contributed by atoms with van der Waals surface area (Å²) in [6.45, 7) is -0.819. The largest absolute Gasteiger partial charge is 0.481 e. The average Bonchev–Trinajstić information content (AvgIpc) is 2.93. The fraction of sp³-hybridized carbons (Fsp3) is 0.467. The van der Waals surface area contributed by atoms with Gasteiger partial charge in [-0.3, -0.25) is 4.79 Å². The number of halogens is 3. The standard InChI is InChI=1S/C15H17F3N2O3/c1-19(7-10-5-3-2-4-6-10)14(23)20-8-11(13(21)22)12(9-20)15(16,17)18/h2-6,11-12H,7-9H2,1H3,(H,21,22)/t11-,12-/m1/s1. The molecule has 2 rings (SSSR count). The molecular formula is C15H17F3N2O3. The zero-order valence-electron chi connectivity index (χ0n) is 12.5. The van der Waals surface area contributed by atoms with E-state index >= 15 is 0 Å². The Bertz CT molecular complexity index is 577. The van der Waals surface area contributed by atoms with Crippen molar-refractivity contribution in [1.29, 1.82) is 0 Å². The van der Waals surface area contributed by atoms with Crippen LogP contribution in [-0.2, 0) is 11.3 Å². The topological polar surface area (TPSA) is 60.9 Å². The van der Waals surface area contributed by atoms with Crippen molar-refractivity contribution < 1.29 is 27.9 Å². The van der Waals surface area contributed by atoms with E-state index in [1.54, 1.807) is 24.3 Å². The maximum atomic E-state index is 12.9. The van der Waals surface area contributed by atoms with Gasteiger partial charge in [-0.25, -0.2) is 4.79 Å². The number of benzene rings is 1. The predicted octanol–water partition coefficient (Wildman–Crippen LogP) is 2.43. The Hall–Kier alpha value is -2.25. The molecule has 1 aromatic carbocycles. The van der Waals surface area contributed by atoms with E-state index in [4.69, 9.17) is 5.11 Å². The number of aliphatic carboxylic acids is 1. The van der Waals surface area contributed by atoms with Gasteiger partial charge in [-0.05, 0) is 5.56 Å². The van der Waals surface area contributed by atoms with Crippen LogP contribution >= 0.6 is 0 Å². The maximum Gasteiger partial charge on any atom is 0.394 e. The van der Waals surface area contributed by atoms with Gasteiger partial charge in [0.25, 0.3) is 0 Å². The number of hydrogen-bond donors (Lipinski definition) is 1. The van der Waals surface area contributed by atoms with Crippen molar-refractivity contribution >= 4 is 12.0 Å². The first-order chi connectivity index (χ1) is 10.7. The van der Waals surface area contributed by atoms with E-state index in [1.165, 1.54) is 11.9 Å². The molecule has 2 amide bonds. The number of likely N-dealkylation sites (tertiary alicyclic amines) is 1. The van der Waals surface area contributed by atoms with Gasteiger partial charge in [0.1, 0.15) is 0 Å². The van der Waals surface area contributed by atoms with Crippen molar-refractivity contribution in [2.45, 2.75) is 12.7 Å². The third kappa shape index (κ3) is 3.94. The summed E-state index contributed by atoms with van der Waals surface area (Å²) in [4.78, 5) is 25.6. The summed E-state index contributed by atoms with van der Waals surface area (Å²) >= 11 is 0. The number of alkyl halides is 3. The molecule has 0 radical (unpaired) electrons. The van der Waals surface area contributed by atoms with Gasteiger partial charge in [-0.2, -0.15) is 13.2 Å². The zero-order chi connectivity index (χ0) is 17.2. The van der Waals surface area contributed by atoms with Crippen LogP contribution in [0.25, 0.3) is 0 Å². The van der Waals surface area contributed by atoms with Crippen molar-refractivity contribution in [1.82, 2.24) is 9.80 Å². The van der Waals surface area contributed by atoms with Crippen molar-refractivity contribution in [2.75, 3.05) is 20.1 Å². The van der Waals surface area contributed by atoms with E-state index in [0.717, 1.165) is 10.5 Å². The first-order valence-electron chi connectivity index (χ1n) is 7.03. The van der Waals surface area contributed by atoms with Crippen LogP contribution in [0.1, 0.15) is 5.56 Å². The molecule has 1 N–H and O–H groups in total. The highest BCUT2D eigenvalue weighted by Gasteiger charge is 2.53. The molecule has 0 bridgehead atoms. The molecule has 1 heterocycles. The minimum Gasteiger partial charge on any atom is -0.481 e. The summed E-state index contributed by atoms with van der Waals surface area (Å²) in [5, 5.41) is 8.97. The molecule has 0 spiro atoms. The highest BCUT2D eigenvalue weighted by atomic mass is 19.4. The smallest absolute Gasteiger partial charge is 0.394 e. The second-order valence-corrected chi connectivity index (χ2v) is 5.62. The van der Waals surface area contributed by atoms with Gasteiger partial charge < -0.3 is 14.9 Å². The molecule has 0 aliphatic carbocycles. The molecule has 0 saturated carbocycles. The Labute approximate surface area is 131 Å². The Morgan fingerprint density at radius 2 is 1.87 bits per heavy atom. The molecule has 1 fully saturated rings. The van der Waals surface area contributed by atoms with E-state index in [1.807, 2.05) is 6.07 Å². The molecule has 5 nitrogen and oxygen atoms in total. The number of urea groups is 1. The molecule has 8 heteroatoms. The van der Waals surface area contributed by atoms with Crippen LogP contribution in [0.4, 0.5) is 18.0 Å². The van der Waals surface area contributed by atoms with E-state index in [-0.39, 0.29) is 6.54 Å². The Kier molecular flexibility index (Phi) is 4.82. The number of amides is 2. The lowest BCUT2D eigenvalue weighted by molar-refractivity contribution is -0.187. The molecular weight excluding hydrogens is 313 g/mol. The van der Waals surface area contributed by atoms with Gasteiger partial charge >= 0.3 is 18.2 Å². The summed E-state index contributed by atoms with van der Waals surface area (Å²) in [6.07, 6.45) is -4.64. The summed E-state index contributed by atoms with van der Waals surface area (Å²) in [5.74, 6) is -5.19. The molecule has 23 heavy (non-hydrogen) atoms. The lowest BCUT2D eigenvalue weighted by atomic mass is 9.96. The third-order valence-electron chi connectivity index (χ3n) is 3.92. The molecule has 1 saturated heterocycles. The van der Waals surface area contributed by atoms with Crippen LogP contribution in [-0.4, -0.2) is 53.2 Å². The summed E-state index contributed by atoms with van der Waals surface area (Å²) in [7, 11) is 1.48. The van der Waals surface area contributed by atoms with Gasteiger partial charge in [-0.15, -0.1) is 0 Å². The van der Waals surface area contributed by atoms with Crippen molar-refractivity contribution in [3.8, 4) is 0 Å². The fourth-order valence-electron chi connectivity index (χ4n) is 2.71. The van der Waals surface area contributed by atoms with E-state index < -0.39 is 43.1 Å². The lowest BCUT2D eigenvalue weighted by Gasteiger charge is -2.25. The predicted molar refractivity (Wildman–Crippen MR) is 75.5 cm³/mol. The second-order valence-electron chi connectivity index (χ2n) is 5.62. The van der Waals surface area contributed by atoms with E-state index in [9.17, 15) is 22.8 Å². The van der Waals surface area contributed by atoms with Crippen LogP contribution in [0.3, 0.4) is 0 Å². The molecule has 1 aliphatic heterocycles. The quantitative estimate of drug-likeness (QED) is 0.926. The number of rotatable bonds is 3. The van der Waals surface area contributed by atoms with Gasteiger partial charge in [0.15, 0.2) is 0 Å². The fourth-order valence-corrected chi connectivity index (χ4v) is 2.71. The van der Waals surface area contributed by atoms with Gasteiger partial charge in [0, 0.05) is 26.7 Å². The Morgan fingerprint density at radius 1 is 1.26 bits per heavy atom. The normalized spacial score (nSPS) is 21.3. The van der Waals surface area contributed by atoms with Crippen LogP contribution in [0.15, 0.2) is 30.3 Å². The molecule has 126 valence electrons. The van der Waals surface area contributed by atoms with Crippen molar-refractivity contribution in [3.63, 3.8) is 0 Å². The van der Waals surface area contributed by atoms with Crippen LogP contribution in [0, 0.1) is 11.8 Å². The van der Waals surface area contributed by atoms with Crippen molar-refractivity contribution in [2.24, 2.45) is 11.8 Å². The van der Waals surface area contributed by atoms with Crippen molar-refractivity contribution in [3.05, 3.63) is 35.9 Å². The molecule has 0 unspecified atom stereocenters. The minimum absolute atomic E-state index is 0.241. The molecule has 0 aromatic heterocycles. The van der Waals surface area contributed by atoms with Gasteiger partial charge in [0.05, 0.1) is 11.8 Å². The number of carboxylic acid groups (broad SMARTS) is 1. The SMILES string of the molecule is CN(Cc1ccccc1)C(=O)N1C[C@@H](C(F)(F)F)[C@H](C(=O)O)C1. The first kappa shape index (κ1) is 17.1. The van der Waals surface area contributed by atoms with Gasteiger partial charge in [-0.1, -0.05) is 30.3 Å².